The third kappa shape index (κ3) is 1.99. The Morgan fingerprint density at radius 3 is 2.55 bits per heavy atom. The Morgan fingerprint density at radius 1 is 1.05 bits per heavy atom. The summed E-state index contributed by atoms with van der Waals surface area (Å²) in [5.74, 6) is 0.703. The molecule has 0 atom stereocenters. The second kappa shape index (κ2) is 4.44. The van der Waals surface area contributed by atoms with Crippen LogP contribution in [-0.2, 0) is 7.05 Å². The molecule has 0 amide bonds. The number of hydrogen-bond acceptors (Lipinski definition) is 2. The maximum Gasteiger partial charge on any atom is 0.218 e. The van der Waals surface area contributed by atoms with Gasteiger partial charge in [-0.3, -0.25) is 0 Å². The number of oxazole rings is 1. The number of rotatable bonds is 1. The van der Waals surface area contributed by atoms with E-state index in [-0.39, 0.29) is 0 Å². The predicted molar refractivity (Wildman–Crippen MR) is 79.6 cm³/mol. The number of pyridine rings is 1. The predicted octanol–water partition coefficient (Wildman–Crippen LogP) is 3.55. The third-order valence-corrected chi connectivity index (χ3v) is 3.84. The van der Waals surface area contributed by atoms with E-state index in [0.717, 1.165) is 16.8 Å². The molecule has 20 heavy (non-hydrogen) atoms. The molecular formula is C17H19N2O+. The summed E-state index contributed by atoms with van der Waals surface area (Å²) in [5.41, 5.74) is 8.06. The summed E-state index contributed by atoms with van der Waals surface area (Å²) in [4.78, 5) is 4.43. The van der Waals surface area contributed by atoms with Crippen molar-refractivity contribution in [2.45, 2.75) is 27.7 Å². The summed E-state index contributed by atoms with van der Waals surface area (Å²) in [6.45, 7) is 8.34. The van der Waals surface area contributed by atoms with Gasteiger partial charge in [0.15, 0.2) is 5.89 Å². The average molecular weight is 267 g/mol. The van der Waals surface area contributed by atoms with Gasteiger partial charge in [0.05, 0.1) is 0 Å². The van der Waals surface area contributed by atoms with Crippen molar-refractivity contribution in [1.82, 2.24) is 4.98 Å². The van der Waals surface area contributed by atoms with Gasteiger partial charge in [0.25, 0.3) is 0 Å². The molecule has 0 fully saturated rings. The molecule has 1 aromatic carbocycles. The maximum atomic E-state index is 5.59. The lowest BCUT2D eigenvalue weighted by atomic mass is 9.97. The lowest BCUT2D eigenvalue weighted by Crippen LogP contribution is -2.30. The van der Waals surface area contributed by atoms with E-state index in [1.807, 2.05) is 20.2 Å². The van der Waals surface area contributed by atoms with Crippen LogP contribution in [0.5, 0.6) is 0 Å². The second-order valence-electron chi connectivity index (χ2n) is 5.51. The number of nitrogens with zero attached hydrogens (tertiary/aromatic N) is 2. The van der Waals surface area contributed by atoms with Crippen molar-refractivity contribution >= 4 is 11.1 Å². The van der Waals surface area contributed by atoms with Gasteiger partial charge < -0.3 is 4.42 Å². The van der Waals surface area contributed by atoms with Gasteiger partial charge in [-0.1, -0.05) is 11.6 Å². The quantitative estimate of drug-likeness (QED) is 0.631. The zero-order valence-corrected chi connectivity index (χ0v) is 12.6. The molecule has 0 radical (unpaired) electrons. The molecule has 3 rings (SSSR count). The summed E-state index contributed by atoms with van der Waals surface area (Å²) >= 11 is 0. The number of fused-ring (bicyclic) bond motifs is 1. The molecule has 0 aliphatic rings. The van der Waals surface area contributed by atoms with Gasteiger partial charge in [-0.15, -0.1) is 0 Å². The lowest BCUT2D eigenvalue weighted by molar-refractivity contribution is -0.659. The number of hydrogen-bond donors (Lipinski definition) is 0. The highest BCUT2D eigenvalue weighted by Gasteiger charge is 2.18. The fourth-order valence-electron chi connectivity index (χ4n) is 2.71. The Hall–Kier alpha value is -2.16. The Kier molecular flexibility index (Phi) is 2.85. The SMILES string of the molecule is Cc1cc(C)c(C)c(-c2cc3nc(C)oc3c[n+]2C)c1. The van der Waals surface area contributed by atoms with Crippen LogP contribution in [0.2, 0.25) is 0 Å². The molecule has 102 valence electrons. The van der Waals surface area contributed by atoms with Crippen LogP contribution in [0.1, 0.15) is 22.6 Å². The van der Waals surface area contributed by atoms with E-state index in [4.69, 9.17) is 4.42 Å². The van der Waals surface area contributed by atoms with Gasteiger partial charge in [-0.2, -0.15) is 4.57 Å². The number of benzene rings is 1. The van der Waals surface area contributed by atoms with Crippen LogP contribution in [0.25, 0.3) is 22.4 Å². The topological polar surface area (TPSA) is 29.9 Å². The van der Waals surface area contributed by atoms with E-state index in [1.54, 1.807) is 0 Å². The van der Waals surface area contributed by atoms with Crippen LogP contribution in [-0.4, -0.2) is 4.98 Å². The molecule has 2 aromatic heterocycles. The molecule has 3 aromatic rings. The Balaban J connectivity index is 2.31. The summed E-state index contributed by atoms with van der Waals surface area (Å²) in [6, 6.07) is 6.56. The average Bonchev–Trinajstić information content (AvgIpc) is 2.72. The van der Waals surface area contributed by atoms with Crippen LogP contribution in [0.15, 0.2) is 28.8 Å². The lowest BCUT2D eigenvalue weighted by Gasteiger charge is -2.08. The molecule has 3 heteroatoms. The zero-order chi connectivity index (χ0) is 14.4. The highest BCUT2D eigenvalue weighted by Crippen LogP contribution is 2.26. The molecule has 0 aliphatic carbocycles. The van der Waals surface area contributed by atoms with Crippen molar-refractivity contribution in [3.8, 4) is 11.3 Å². The van der Waals surface area contributed by atoms with Crippen molar-refractivity contribution in [3.63, 3.8) is 0 Å². The standard InChI is InChI=1S/C17H19N2O/c1-10-6-11(2)12(3)14(7-10)16-8-15-17(9-19(16)5)20-13(4)18-15/h6-9H,1-5H3/q+1. The Bertz CT molecular complexity index is 815. The Morgan fingerprint density at radius 2 is 1.80 bits per heavy atom. The normalized spacial score (nSPS) is 11.2. The number of aryl methyl sites for hydroxylation is 4. The van der Waals surface area contributed by atoms with Gasteiger partial charge in [-0.25, -0.2) is 4.98 Å². The van der Waals surface area contributed by atoms with Gasteiger partial charge >= 0.3 is 0 Å². The van der Waals surface area contributed by atoms with Crippen molar-refractivity contribution in [3.05, 3.63) is 47.0 Å². The summed E-state index contributed by atoms with van der Waals surface area (Å²) in [7, 11) is 2.05. The van der Waals surface area contributed by atoms with Crippen LogP contribution in [0, 0.1) is 27.7 Å². The van der Waals surface area contributed by atoms with E-state index in [2.05, 4.69) is 48.5 Å². The van der Waals surface area contributed by atoms with Crippen LogP contribution in [0.4, 0.5) is 0 Å². The highest BCUT2D eigenvalue weighted by molar-refractivity contribution is 5.76. The fraction of sp³-hybridized carbons (Fsp3) is 0.294. The van der Waals surface area contributed by atoms with Crippen LogP contribution in [0.3, 0.4) is 0 Å². The smallest absolute Gasteiger partial charge is 0.218 e. The van der Waals surface area contributed by atoms with Crippen LogP contribution < -0.4 is 4.57 Å². The van der Waals surface area contributed by atoms with E-state index < -0.39 is 0 Å². The summed E-state index contributed by atoms with van der Waals surface area (Å²) in [5, 5.41) is 0. The van der Waals surface area contributed by atoms with Crippen LogP contribution >= 0.6 is 0 Å². The molecular weight excluding hydrogens is 248 g/mol. The van der Waals surface area contributed by atoms with E-state index >= 15 is 0 Å². The maximum absolute atomic E-state index is 5.59. The molecule has 0 spiro atoms. The second-order valence-corrected chi connectivity index (χ2v) is 5.51. The van der Waals surface area contributed by atoms with Gasteiger partial charge in [0, 0.05) is 18.6 Å². The van der Waals surface area contributed by atoms with E-state index in [0.29, 0.717) is 5.89 Å². The fourth-order valence-corrected chi connectivity index (χ4v) is 2.71. The molecule has 0 saturated heterocycles. The van der Waals surface area contributed by atoms with E-state index in [9.17, 15) is 0 Å². The number of aromatic nitrogens is 2. The first-order chi connectivity index (χ1) is 9.45. The van der Waals surface area contributed by atoms with Gasteiger partial charge in [0.2, 0.25) is 17.5 Å². The molecule has 3 nitrogen and oxygen atoms in total. The third-order valence-electron chi connectivity index (χ3n) is 3.84. The van der Waals surface area contributed by atoms with Crippen molar-refractivity contribution in [1.29, 1.82) is 0 Å². The minimum Gasteiger partial charge on any atom is -0.435 e. The molecule has 0 bridgehead atoms. The van der Waals surface area contributed by atoms with E-state index in [1.165, 1.54) is 22.3 Å². The van der Waals surface area contributed by atoms with Gasteiger partial charge in [-0.05, 0) is 38.0 Å². The van der Waals surface area contributed by atoms with Crippen molar-refractivity contribution < 1.29 is 8.98 Å². The largest absolute Gasteiger partial charge is 0.435 e. The highest BCUT2D eigenvalue weighted by atomic mass is 16.3. The minimum atomic E-state index is 0.703. The zero-order valence-electron chi connectivity index (χ0n) is 12.6. The Labute approximate surface area is 118 Å². The van der Waals surface area contributed by atoms with Crippen molar-refractivity contribution in [2.24, 2.45) is 7.05 Å². The summed E-state index contributed by atoms with van der Waals surface area (Å²) < 4.78 is 7.69. The molecule has 2 heterocycles. The molecule has 0 aliphatic heterocycles. The molecule has 0 unspecified atom stereocenters. The molecule has 0 N–H and O–H groups in total. The van der Waals surface area contributed by atoms with Crippen molar-refractivity contribution in [2.75, 3.05) is 0 Å². The summed E-state index contributed by atoms with van der Waals surface area (Å²) in [6.07, 6.45) is 2.00. The first-order valence-electron chi connectivity index (χ1n) is 6.81. The minimum absolute atomic E-state index is 0.703. The molecule has 0 saturated carbocycles. The van der Waals surface area contributed by atoms with Gasteiger partial charge in [0.1, 0.15) is 12.6 Å². The first kappa shape index (κ1) is 12.9. The monoisotopic (exact) mass is 267 g/mol. The first-order valence-corrected chi connectivity index (χ1v) is 6.81.